The van der Waals surface area contributed by atoms with Crippen LogP contribution in [0.1, 0.15) is 26.7 Å². The van der Waals surface area contributed by atoms with E-state index in [2.05, 4.69) is 18.7 Å². The molecule has 0 spiro atoms. The zero-order valence-corrected chi connectivity index (χ0v) is 11.9. The summed E-state index contributed by atoms with van der Waals surface area (Å²) in [6.45, 7) is 6.44. The van der Waals surface area contributed by atoms with Gasteiger partial charge in [-0.1, -0.05) is 26.7 Å². The monoisotopic (exact) mass is 281 g/mol. The van der Waals surface area contributed by atoms with Crippen molar-refractivity contribution in [3.63, 3.8) is 0 Å². The predicted octanol–water partition coefficient (Wildman–Crippen LogP) is 1.93. The molecule has 2 N–H and O–H groups in total. The van der Waals surface area contributed by atoms with Gasteiger partial charge in [0.15, 0.2) is 0 Å². The zero-order chi connectivity index (χ0) is 14.5. The van der Waals surface area contributed by atoms with Crippen LogP contribution in [-0.4, -0.2) is 61.3 Å². The molecule has 1 aliphatic rings. The first-order valence-corrected chi connectivity index (χ1v) is 7.14. The van der Waals surface area contributed by atoms with Crippen LogP contribution >= 0.6 is 0 Å². The van der Waals surface area contributed by atoms with Crippen LogP contribution in [0.2, 0.25) is 0 Å². The van der Waals surface area contributed by atoms with Gasteiger partial charge in [-0.2, -0.15) is 13.2 Å². The van der Waals surface area contributed by atoms with Crippen LogP contribution in [0.25, 0.3) is 0 Å². The van der Waals surface area contributed by atoms with E-state index in [1.54, 1.807) is 0 Å². The third-order valence-electron chi connectivity index (χ3n) is 4.11. The lowest BCUT2D eigenvalue weighted by atomic mass is 9.92. The lowest BCUT2D eigenvalue weighted by Gasteiger charge is -2.41. The van der Waals surface area contributed by atoms with Gasteiger partial charge >= 0.3 is 6.18 Å². The lowest BCUT2D eigenvalue weighted by molar-refractivity contribution is -0.150. The summed E-state index contributed by atoms with van der Waals surface area (Å²) in [5, 5.41) is 0. The van der Waals surface area contributed by atoms with Gasteiger partial charge in [0.25, 0.3) is 0 Å². The summed E-state index contributed by atoms with van der Waals surface area (Å²) in [5.41, 5.74) is 5.86. The van der Waals surface area contributed by atoms with E-state index in [1.807, 2.05) is 0 Å². The molecule has 0 aromatic heterocycles. The quantitative estimate of drug-likeness (QED) is 0.807. The van der Waals surface area contributed by atoms with E-state index in [9.17, 15) is 13.2 Å². The summed E-state index contributed by atoms with van der Waals surface area (Å²) in [5.74, 6) is 0.541. The second-order valence-corrected chi connectivity index (χ2v) is 5.31. The smallest absolute Gasteiger partial charge is 0.329 e. The molecule has 1 saturated heterocycles. The van der Waals surface area contributed by atoms with Crippen LogP contribution in [0.3, 0.4) is 0 Å². The summed E-state index contributed by atoms with van der Waals surface area (Å²) in [6.07, 6.45) is -1.95. The molecular formula is C13H26F3N3. The summed E-state index contributed by atoms with van der Waals surface area (Å²) in [4.78, 5) is 3.75. The molecule has 19 heavy (non-hydrogen) atoms. The van der Waals surface area contributed by atoms with Crippen molar-refractivity contribution in [2.24, 2.45) is 11.7 Å². The van der Waals surface area contributed by atoms with E-state index in [1.165, 1.54) is 4.90 Å². The van der Waals surface area contributed by atoms with E-state index in [0.29, 0.717) is 44.7 Å². The second kappa shape index (κ2) is 7.45. The number of alkyl halides is 3. The molecule has 1 heterocycles. The predicted molar refractivity (Wildman–Crippen MR) is 71.0 cm³/mol. The number of hydrogen-bond donors (Lipinski definition) is 1. The van der Waals surface area contributed by atoms with E-state index >= 15 is 0 Å². The number of hydrogen-bond acceptors (Lipinski definition) is 3. The molecule has 3 nitrogen and oxygen atoms in total. The number of halogens is 3. The molecule has 1 unspecified atom stereocenters. The van der Waals surface area contributed by atoms with E-state index in [-0.39, 0.29) is 0 Å². The molecule has 1 fully saturated rings. The maximum atomic E-state index is 12.3. The molecule has 0 radical (unpaired) electrons. The van der Waals surface area contributed by atoms with Crippen LogP contribution < -0.4 is 5.73 Å². The van der Waals surface area contributed by atoms with Gasteiger partial charge in [-0.05, 0) is 5.92 Å². The van der Waals surface area contributed by atoms with Gasteiger partial charge in [0.2, 0.25) is 0 Å². The first-order chi connectivity index (χ1) is 8.91. The fourth-order valence-electron chi connectivity index (χ4n) is 2.98. The lowest BCUT2D eigenvalue weighted by Crippen LogP contribution is -2.55. The SMILES string of the molecule is CCC(CC)C(CN)N1CCN(CC(F)(F)F)CC1. The van der Waals surface area contributed by atoms with Crippen molar-refractivity contribution in [2.45, 2.75) is 38.9 Å². The highest BCUT2D eigenvalue weighted by molar-refractivity contribution is 4.83. The minimum Gasteiger partial charge on any atom is -0.329 e. The van der Waals surface area contributed by atoms with Gasteiger partial charge in [0.05, 0.1) is 6.54 Å². The average molecular weight is 281 g/mol. The molecule has 6 heteroatoms. The standard InChI is InChI=1S/C13H26F3N3/c1-3-11(4-2)12(9-17)19-7-5-18(6-8-19)10-13(14,15)16/h11-12H,3-10,17H2,1-2H3. The molecule has 1 aliphatic heterocycles. The first-order valence-electron chi connectivity index (χ1n) is 7.14. The zero-order valence-electron chi connectivity index (χ0n) is 11.9. The first kappa shape index (κ1) is 16.7. The number of nitrogens with zero attached hydrogens (tertiary/aromatic N) is 2. The Hall–Kier alpha value is -0.330. The van der Waals surface area contributed by atoms with Crippen molar-refractivity contribution >= 4 is 0 Å². The van der Waals surface area contributed by atoms with Crippen LogP contribution in [0.4, 0.5) is 13.2 Å². The van der Waals surface area contributed by atoms with E-state index < -0.39 is 12.7 Å². The van der Waals surface area contributed by atoms with Crippen molar-refractivity contribution < 1.29 is 13.2 Å². The van der Waals surface area contributed by atoms with Gasteiger partial charge in [-0.15, -0.1) is 0 Å². The molecule has 0 amide bonds. The summed E-state index contributed by atoms with van der Waals surface area (Å²) in [6, 6.07) is 0.308. The van der Waals surface area contributed by atoms with Crippen molar-refractivity contribution in [3.05, 3.63) is 0 Å². The topological polar surface area (TPSA) is 32.5 Å². The number of rotatable bonds is 6. The Balaban J connectivity index is 2.47. The number of piperazine rings is 1. The Labute approximate surface area is 113 Å². The largest absolute Gasteiger partial charge is 0.401 e. The maximum Gasteiger partial charge on any atom is 0.401 e. The highest BCUT2D eigenvalue weighted by atomic mass is 19.4. The van der Waals surface area contributed by atoms with Gasteiger partial charge < -0.3 is 5.73 Å². The second-order valence-electron chi connectivity index (χ2n) is 5.31. The van der Waals surface area contributed by atoms with Gasteiger partial charge in [-0.25, -0.2) is 0 Å². The van der Waals surface area contributed by atoms with Crippen molar-refractivity contribution in [1.29, 1.82) is 0 Å². The Kier molecular flexibility index (Phi) is 6.56. The Morgan fingerprint density at radius 1 is 1.05 bits per heavy atom. The fourth-order valence-corrected chi connectivity index (χ4v) is 2.98. The molecule has 0 saturated carbocycles. The molecule has 0 aromatic rings. The minimum absolute atomic E-state index is 0.308. The summed E-state index contributed by atoms with van der Waals surface area (Å²) >= 11 is 0. The van der Waals surface area contributed by atoms with Crippen molar-refractivity contribution in [1.82, 2.24) is 9.80 Å². The minimum atomic E-state index is -4.09. The Morgan fingerprint density at radius 3 is 1.95 bits per heavy atom. The fraction of sp³-hybridized carbons (Fsp3) is 1.00. The highest BCUT2D eigenvalue weighted by Gasteiger charge is 2.33. The average Bonchev–Trinajstić information content (AvgIpc) is 2.35. The van der Waals surface area contributed by atoms with Gasteiger partial charge in [0, 0.05) is 38.8 Å². The molecule has 0 aromatic carbocycles. The molecule has 1 rings (SSSR count). The van der Waals surface area contributed by atoms with E-state index in [4.69, 9.17) is 5.73 Å². The molecule has 1 atom stereocenters. The van der Waals surface area contributed by atoms with Crippen LogP contribution in [0.15, 0.2) is 0 Å². The summed E-state index contributed by atoms with van der Waals surface area (Å²) in [7, 11) is 0. The van der Waals surface area contributed by atoms with Crippen molar-refractivity contribution in [2.75, 3.05) is 39.3 Å². The molecule has 0 aliphatic carbocycles. The molecular weight excluding hydrogens is 255 g/mol. The third-order valence-corrected chi connectivity index (χ3v) is 4.11. The summed E-state index contributed by atoms with van der Waals surface area (Å²) < 4.78 is 37.0. The van der Waals surface area contributed by atoms with Gasteiger partial charge in [-0.3, -0.25) is 9.80 Å². The Morgan fingerprint density at radius 2 is 1.58 bits per heavy atom. The van der Waals surface area contributed by atoms with E-state index in [0.717, 1.165) is 12.8 Å². The molecule has 114 valence electrons. The van der Waals surface area contributed by atoms with Crippen LogP contribution in [-0.2, 0) is 0 Å². The number of nitrogens with two attached hydrogens (primary N) is 1. The van der Waals surface area contributed by atoms with Crippen LogP contribution in [0.5, 0.6) is 0 Å². The maximum absolute atomic E-state index is 12.3. The highest BCUT2D eigenvalue weighted by Crippen LogP contribution is 2.21. The van der Waals surface area contributed by atoms with Crippen molar-refractivity contribution in [3.8, 4) is 0 Å². The third kappa shape index (κ3) is 5.28. The Bertz CT molecular complexity index is 246. The normalized spacial score (nSPS) is 21.0. The van der Waals surface area contributed by atoms with Gasteiger partial charge in [0.1, 0.15) is 0 Å². The molecule has 0 bridgehead atoms. The van der Waals surface area contributed by atoms with Crippen LogP contribution in [0, 0.1) is 5.92 Å².